The molecule has 2 aromatic carbocycles. The molecule has 23 heavy (non-hydrogen) atoms. The fraction of sp³-hybridized carbons (Fsp3) is 0.176. The van der Waals surface area contributed by atoms with Gasteiger partial charge in [-0.1, -0.05) is 23.2 Å². The van der Waals surface area contributed by atoms with Crippen LogP contribution in [0.25, 0.3) is 0 Å². The van der Waals surface area contributed by atoms with Gasteiger partial charge in [-0.3, -0.25) is 9.59 Å². The Morgan fingerprint density at radius 3 is 2.43 bits per heavy atom. The predicted octanol–water partition coefficient (Wildman–Crippen LogP) is 4.15. The van der Waals surface area contributed by atoms with Crippen molar-refractivity contribution in [3.05, 3.63) is 57.6 Å². The highest BCUT2D eigenvalue weighted by atomic mass is 35.5. The number of anilines is 2. The lowest BCUT2D eigenvalue weighted by Crippen LogP contribution is -2.25. The van der Waals surface area contributed by atoms with E-state index in [9.17, 15) is 9.59 Å². The average Bonchev–Trinajstić information content (AvgIpc) is 2.89. The van der Waals surface area contributed by atoms with Crippen molar-refractivity contribution in [1.29, 1.82) is 0 Å². The van der Waals surface area contributed by atoms with Gasteiger partial charge in [-0.05, 0) is 48.4 Å². The van der Waals surface area contributed by atoms with Crippen molar-refractivity contribution in [2.45, 2.75) is 13.3 Å². The van der Waals surface area contributed by atoms with Crippen LogP contribution in [0.3, 0.4) is 0 Å². The summed E-state index contributed by atoms with van der Waals surface area (Å²) in [5.74, 6) is -0.259. The second-order valence-electron chi connectivity index (χ2n) is 5.38. The molecule has 0 fully saturated rings. The van der Waals surface area contributed by atoms with Gasteiger partial charge in [0.25, 0.3) is 5.91 Å². The Balaban J connectivity index is 1.81. The number of hydrogen-bond acceptors (Lipinski definition) is 2. The molecular formula is C17H14Cl2N2O2. The highest BCUT2D eigenvalue weighted by molar-refractivity contribution is 6.35. The van der Waals surface area contributed by atoms with Gasteiger partial charge < -0.3 is 10.2 Å². The molecule has 0 radical (unpaired) electrons. The molecule has 6 heteroatoms. The summed E-state index contributed by atoms with van der Waals surface area (Å²) in [7, 11) is 0. The average molecular weight is 349 g/mol. The number of rotatable bonds is 2. The van der Waals surface area contributed by atoms with Gasteiger partial charge in [-0.2, -0.15) is 0 Å². The number of nitrogens with zero attached hydrogens (tertiary/aromatic N) is 1. The number of amides is 2. The predicted molar refractivity (Wildman–Crippen MR) is 92.6 cm³/mol. The fourth-order valence-corrected chi connectivity index (χ4v) is 3.22. The van der Waals surface area contributed by atoms with Gasteiger partial charge in [-0.15, -0.1) is 0 Å². The Hall–Kier alpha value is -2.04. The summed E-state index contributed by atoms with van der Waals surface area (Å²) in [6, 6.07) is 10.2. The van der Waals surface area contributed by atoms with Crippen molar-refractivity contribution < 1.29 is 9.59 Å². The van der Waals surface area contributed by atoms with E-state index in [0.717, 1.165) is 17.7 Å². The van der Waals surface area contributed by atoms with E-state index in [1.54, 1.807) is 36.1 Å². The summed E-state index contributed by atoms with van der Waals surface area (Å²) in [5, 5.41) is 3.65. The number of hydrogen-bond donors (Lipinski definition) is 1. The Morgan fingerprint density at radius 2 is 1.78 bits per heavy atom. The number of halogens is 2. The summed E-state index contributed by atoms with van der Waals surface area (Å²) < 4.78 is 0. The lowest BCUT2D eigenvalue weighted by molar-refractivity contribution is -0.116. The monoisotopic (exact) mass is 348 g/mol. The fourth-order valence-electron chi connectivity index (χ4n) is 2.69. The van der Waals surface area contributed by atoms with E-state index in [2.05, 4.69) is 5.32 Å². The second-order valence-corrected chi connectivity index (χ2v) is 6.25. The Bertz CT molecular complexity index is 785. The van der Waals surface area contributed by atoms with Crippen LogP contribution < -0.4 is 10.2 Å². The second kappa shape index (κ2) is 6.22. The smallest absolute Gasteiger partial charge is 0.255 e. The Morgan fingerprint density at radius 1 is 1.09 bits per heavy atom. The maximum absolute atomic E-state index is 12.3. The summed E-state index contributed by atoms with van der Waals surface area (Å²) in [6.07, 6.45) is 0.779. The first-order valence-electron chi connectivity index (χ1n) is 7.12. The zero-order valence-electron chi connectivity index (χ0n) is 12.4. The molecule has 0 saturated carbocycles. The summed E-state index contributed by atoms with van der Waals surface area (Å²) >= 11 is 11.8. The Kier molecular flexibility index (Phi) is 4.28. The van der Waals surface area contributed by atoms with Crippen LogP contribution in [0.1, 0.15) is 22.8 Å². The maximum atomic E-state index is 12.3. The molecule has 1 aliphatic rings. The lowest BCUT2D eigenvalue weighted by atomic mass is 10.1. The molecule has 0 aromatic heterocycles. The third kappa shape index (κ3) is 3.33. The molecule has 4 nitrogen and oxygen atoms in total. The zero-order valence-corrected chi connectivity index (χ0v) is 13.9. The molecular weight excluding hydrogens is 335 g/mol. The van der Waals surface area contributed by atoms with E-state index in [-0.39, 0.29) is 11.8 Å². The highest BCUT2D eigenvalue weighted by Crippen LogP contribution is 2.30. The molecule has 0 aliphatic carbocycles. The maximum Gasteiger partial charge on any atom is 0.255 e. The highest BCUT2D eigenvalue weighted by Gasteiger charge is 2.22. The minimum absolute atomic E-state index is 0.0223. The normalized spacial score (nSPS) is 12.9. The number of carbonyl (C=O) groups is 2. The molecule has 0 spiro atoms. The van der Waals surface area contributed by atoms with Crippen molar-refractivity contribution in [2.75, 3.05) is 16.8 Å². The third-order valence-corrected chi connectivity index (χ3v) is 4.17. The van der Waals surface area contributed by atoms with Crippen LogP contribution in [0.15, 0.2) is 36.4 Å². The van der Waals surface area contributed by atoms with Gasteiger partial charge >= 0.3 is 0 Å². The van der Waals surface area contributed by atoms with Crippen molar-refractivity contribution in [3.8, 4) is 0 Å². The summed E-state index contributed by atoms with van der Waals surface area (Å²) in [4.78, 5) is 25.6. The van der Waals surface area contributed by atoms with Crippen LogP contribution in [0, 0.1) is 0 Å². The molecule has 0 bridgehead atoms. The number of nitrogens with one attached hydrogen (secondary N) is 1. The molecule has 0 atom stereocenters. The largest absolute Gasteiger partial charge is 0.322 e. The van der Waals surface area contributed by atoms with Crippen LogP contribution >= 0.6 is 23.2 Å². The van der Waals surface area contributed by atoms with E-state index in [0.29, 0.717) is 27.8 Å². The van der Waals surface area contributed by atoms with Crippen LogP contribution in [0.4, 0.5) is 11.4 Å². The zero-order chi connectivity index (χ0) is 16.6. The first-order chi connectivity index (χ1) is 10.9. The van der Waals surface area contributed by atoms with Gasteiger partial charge in [0.15, 0.2) is 0 Å². The van der Waals surface area contributed by atoms with Crippen molar-refractivity contribution in [3.63, 3.8) is 0 Å². The minimum Gasteiger partial charge on any atom is -0.322 e. The number of carbonyl (C=O) groups excluding carboxylic acids is 2. The molecule has 0 unspecified atom stereocenters. The Labute approximate surface area is 144 Å². The van der Waals surface area contributed by atoms with Gasteiger partial charge in [0.1, 0.15) is 0 Å². The molecule has 0 saturated heterocycles. The molecule has 3 rings (SSSR count). The lowest BCUT2D eigenvalue weighted by Gasteiger charge is -2.15. The summed E-state index contributed by atoms with van der Waals surface area (Å²) in [5.41, 5.74) is 3.02. The van der Waals surface area contributed by atoms with E-state index in [4.69, 9.17) is 23.2 Å². The molecule has 118 valence electrons. The molecule has 1 aliphatic heterocycles. The SMILES string of the molecule is CC(=O)N1CCc2cc(NC(=O)c3cc(Cl)cc(Cl)c3)ccc21. The molecule has 2 aromatic rings. The van der Waals surface area contributed by atoms with Crippen molar-refractivity contribution in [2.24, 2.45) is 0 Å². The third-order valence-electron chi connectivity index (χ3n) is 3.74. The minimum atomic E-state index is -0.282. The molecule has 2 amide bonds. The quantitative estimate of drug-likeness (QED) is 0.885. The van der Waals surface area contributed by atoms with E-state index < -0.39 is 0 Å². The first kappa shape index (κ1) is 15.8. The van der Waals surface area contributed by atoms with Crippen molar-refractivity contribution >= 4 is 46.4 Å². The van der Waals surface area contributed by atoms with Crippen LogP contribution in [0.2, 0.25) is 10.0 Å². The van der Waals surface area contributed by atoms with E-state index in [1.165, 1.54) is 0 Å². The molecule has 1 heterocycles. The van der Waals surface area contributed by atoms with Crippen LogP contribution in [0.5, 0.6) is 0 Å². The standard InChI is InChI=1S/C17H14Cl2N2O2/c1-10(22)21-5-4-11-8-15(2-3-16(11)21)20-17(23)12-6-13(18)9-14(19)7-12/h2-3,6-9H,4-5H2,1H3,(H,20,23). The van der Waals surface area contributed by atoms with Gasteiger partial charge in [-0.25, -0.2) is 0 Å². The number of fused-ring (bicyclic) bond motifs is 1. The van der Waals surface area contributed by atoms with Crippen molar-refractivity contribution in [1.82, 2.24) is 0 Å². The van der Waals surface area contributed by atoms with Gasteiger partial charge in [0.2, 0.25) is 5.91 Å². The van der Waals surface area contributed by atoms with Crippen LogP contribution in [-0.2, 0) is 11.2 Å². The number of benzene rings is 2. The summed E-state index contributed by atoms with van der Waals surface area (Å²) in [6.45, 7) is 2.22. The van der Waals surface area contributed by atoms with E-state index >= 15 is 0 Å². The van der Waals surface area contributed by atoms with Crippen LogP contribution in [-0.4, -0.2) is 18.4 Å². The van der Waals surface area contributed by atoms with Gasteiger partial charge in [0, 0.05) is 40.5 Å². The first-order valence-corrected chi connectivity index (χ1v) is 7.88. The van der Waals surface area contributed by atoms with E-state index in [1.807, 2.05) is 12.1 Å². The molecule has 1 N–H and O–H groups in total. The topological polar surface area (TPSA) is 49.4 Å². The van der Waals surface area contributed by atoms with Gasteiger partial charge in [0.05, 0.1) is 0 Å².